The Morgan fingerprint density at radius 2 is 1.62 bits per heavy atom. The number of rotatable bonds is 7. The number of carbonyl (C=O) groups is 2. The molecule has 29 heavy (non-hydrogen) atoms. The van der Waals surface area contributed by atoms with E-state index in [2.05, 4.69) is 15.6 Å². The van der Waals surface area contributed by atoms with Crippen LogP contribution in [0.4, 0.5) is 0 Å². The van der Waals surface area contributed by atoms with Crippen LogP contribution in [0.25, 0.3) is 0 Å². The number of nitrogens with one attached hydrogen (secondary N) is 1. The third kappa shape index (κ3) is 5.36. The minimum Gasteiger partial charge on any atom is -0.361 e. The molecule has 9 nitrogen and oxygen atoms in total. The average molecular weight is 426 g/mol. The molecule has 1 unspecified atom stereocenters. The van der Waals surface area contributed by atoms with Gasteiger partial charge in [0.1, 0.15) is 22.9 Å². The van der Waals surface area contributed by atoms with Crippen molar-refractivity contribution in [3.8, 4) is 0 Å². The second-order valence-corrected chi connectivity index (χ2v) is 7.65. The van der Waals surface area contributed by atoms with Gasteiger partial charge in [-0.15, -0.1) is 12.4 Å². The van der Waals surface area contributed by atoms with Crippen molar-refractivity contribution in [2.45, 2.75) is 39.8 Å². The van der Waals surface area contributed by atoms with Crippen LogP contribution in [0.2, 0.25) is 0 Å². The van der Waals surface area contributed by atoms with Crippen molar-refractivity contribution in [1.29, 1.82) is 0 Å². The molecule has 0 radical (unpaired) electrons. The Bertz CT molecular complexity index is 843. The number of amides is 2. The molecule has 0 aliphatic carbocycles. The van der Waals surface area contributed by atoms with Crippen molar-refractivity contribution in [1.82, 2.24) is 25.4 Å². The van der Waals surface area contributed by atoms with Crippen LogP contribution in [0.3, 0.4) is 0 Å². The van der Waals surface area contributed by atoms with E-state index in [1.807, 2.05) is 19.9 Å². The zero-order valence-electron chi connectivity index (χ0n) is 17.2. The standard InChI is InChI=1S/C19H27N5O4.ClH/c1-13-7-15(21-27-13)10-23(3)17(25)9-19(5-6-20-12-19)18(26)24(4)11-16-8-14(2)28-22-16;/h7-8,20H,5-6,9-12H2,1-4H3;1H. The molecule has 1 saturated heterocycles. The monoisotopic (exact) mass is 425 g/mol. The normalized spacial score (nSPS) is 18.3. The van der Waals surface area contributed by atoms with Gasteiger partial charge in [0.15, 0.2) is 0 Å². The Kier molecular flexibility index (Phi) is 7.43. The Morgan fingerprint density at radius 3 is 2.07 bits per heavy atom. The molecule has 2 amide bonds. The van der Waals surface area contributed by atoms with Crippen molar-refractivity contribution in [2.24, 2.45) is 5.41 Å². The summed E-state index contributed by atoms with van der Waals surface area (Å²) in [5.41, 5.74) is 0.634. The predicted molar refractivity (Wildman–Crippen MR) is 107 cm³/mol. The zero-order valence-corrected chi connectivity index (χ0v) is 18.0. The number of halogens is 1. The molecule has 1 N–H and O–H groups in total. The van der Waals surface area contributed by atoms with Crippen molar-refractivity contribution in [2.75, 3.05) is 27.2 Å². The summed E-state index contributed by atoms with van der Waals surface area (Å²) in [5.74, 6) is 1.25. The first-order valence-electron chi connectivity index (χ1n) is 9.34. The summed E-state index contributed by atoms with van der Waals surface area (Å²) >= 11 is 0. The molecule has 1 aliphatic rings. The molecule has 2 aromatic heterocycles. The lowest BCUT2D eigenvalue weighted by Gasteiger charge is -2.32. The highest BCUT2D eigenvalue weighted by Crippen LogP contribution is 2.33. The van der Waals surface area contributed by atoms with E-state index in [1.54, 1.807) is 30.0 Å². The largest absolute Gasteiger partial charge is 0.361 e. The lowest BCUT2D eigenvalue weighted by atomic mass is 9.81. The first-order chi connectivity index (χ1) is 13.3. The third-order valence-electron chi connectivity index (χ3n) is 5.11. The summed E-state index contributed by atoms with van der Waals surface area (Å²) < 4.78 is 10.1. The highest BCUT2D eigenvalue weighted by Gasteiger charge is 2.45. The molecular weight excluding hydrogens is 398 g/mol. The number of hydrogen-bond acceptors (Lipinski definition) is 7. The number of carbonyl (C=O) groups excluding carboxylic acids is 2. The van der Waals surface area contributed by atoms with Gasteiger partial charge >= 0.3 is 0 Å². The summed E-state index contributed by atoms with van der Waals surface area (Å²) in [6.45, 7) is 5.51. The predicted octanol–water partition coefficient (Wildman–Crippen LogP) is 1.69. The molecular formula is C19H28ClN5O4. The van der Waals surface area contributed by atoms with Gasteiger partial charge in [0.25, 0.3) is 0 Å². The highest BCUT2D eigenvalue weighted by molar-refractivity contribution is 5.89. The molecule has 0 saturated carbocycles. The summed E-state index contributed by atoms with van der Waals surface area (Å²) in [4.78, 5) is 29.3. The maximum absolute atomic E-state index is 13.2. The first-order valence-corrected chi connectivity index (χ1v) is 9.34. The van der Waals surface area contributed by atoms with Crippen molar-refractivity contribution in [3.63, 3.8) is 0 Å². The molecule has 0 aromatic carbocycles. The lowest BCUT2D eigenvalue weighted by molar-refractivity contribution is -0.146. The Morgan fingerprint density at radius 1 is 1.07 bits per heavy atom. The molecule has 160 valence electrons. The summed E-state index contributed by atoms with van der Waals surface area (Å²) in [6, 6.07) is 3.61. The molecule has 1 atom stereocenters. The zero-order chi connectivity index (χ0) is 20.3. The second-order valence-electron chi connectivity index (χ2n) is 7.65. The van der Waals surface area contributed by atoms with Gasteiger partial charge in [0, 0.05) is 39.2 Å². The fourth-order valence-electron chi connectivity index (χ4n) is 3.61. The molecule has 3 rings (SSSR count). The van der Waals surface area contributed by atoms with Crippen LogP contribution in [0, 0.1) is 19.3 Å². The number of aryl methyl sites for hydroxylation is 2. The Labute approximate surface area is 176 Å². The van der Waals surface area contributed by atoms with E-state index in [9.17, 15) is 9.59 Å². The Hall–Kier alpha value is -2.39. The third-order valence-corrected chi connectivity index (χ3v) is 5.11. The van der Waals surface area contributed by atoms with Gasteiger partial charge < -0.3 is 24.2 Å². The average Bonchev–Trinajstić information content (AvgIpc) is 3.37. The summed E-state index contributed by atoms with van der Waals surface area (Å²) in [5, 5.41) is 11.1. The Balaban J connectivity index is 0.00000300. The SMILES string of the molecule is Cc1cc(CN(C)C(=O)CC2(C(=O)N(C)Cc3cc(C)on3)CCNC2)no1.Cl. The van der Waals surface area contributed by atoms with Gasteiger partial charge in [-0.05, 0) is 26.8 Å². The maximum Gasteiger partial charge on any atom is 0.230 e. The topological polar surface area (TPSA) is 105 Å². The van der Waals surface area contributed by atoms with Gasteiger partial charge in [-0.3, -0.25) is 9.59 Å². The van der Waals surface area contributed by atoms with E-state index in [1.165, 1.54) is 0 Å². The van der Waals surface area contributed by atoms with E-state index in [4.69, 9.17) is 9.05 Å². The minimum atomic E-state index is -0.751. The van der Waals surface area contributed by atoms with E-state index >= 15 is 0 Å². The maximum atomic E-state index is 13.2. The van der Waals surface area contributed by atoms with Crippen LogP contribution in [0.5, 0.6) is 0 Å². The molecule has 1 fully saturated rings. The van der Waals surface area contributed by atoms with E-state index < -0.39 is 5.41 Å². The smallest absolute Gasteiger partial charge is 0.230 e. The lowest BCUT2D eigenvalue weighted by Crippen LogP contribution is -2.46. The second kappa shape index (κ2) is 9.41. The van der Waals surface area contributed by atoms with Gasteiger partial charge in [0.05, 0.1) is 18.5 Å². The quantitative estimate of drug-likeness (QED) is 0.719. The van der Waals surface area contributed by atoms with Crippen LogP contribution in [0.15, 0.2) is 21.2 Å². The summed E-state index contributed by atoms with van der Waals surface area (Å²) in [6.07, 6.45) is 0.769. The highest BCUT2D eigenvalue weighted by atomic mass is 35.5. The van der Waals surface area contributed by atoms with Crippen LogP contribution >= 0.6 is 12.4 Å². The van der Waals surface area contributed by atoms with Crippen LogP contribution < -0.4 is 5.32 Å². The molecule has 2 aromatic rings. The van der Waals surface area contributed by atoms with Gasteiger partial charge in [0.2, 0.25) is 11.8 Å². The molecule has 0 bridgehead atoms. The number of nitrogens with zero attached hydrogens (tertiary/aromatic N) is 4. The van der Waals surface area contributed by atoms with Gasteiger partial charge in [-0.25, -0.2) is 0 Å². The van der Waals surface area contributed by atoms with Crippen LogP contribution in [-0.2, 0) is 22.7 Å². The van der Waals surface area contributed by atoms with Gasteiger partial charge in [-0.1, -0.05) is 10.3 Å². The van der Waals surface area contributed by atoms with Crippen molar-refractivity contribution < 1.29 is 18.6 Å². The van der Waals surface area contributed by atoms with Crippen molar-refractivity contribution in [3.05, 3.63) is 35.0 Å². The summed E-state index contributed by atoms with van der Waals surface area (Å²) in [7, 11) is 3.45. The fraction of sp³-hybridized carbons (Fsp3) is 0.579. The molecule has 0 spiro atoms. The number of hydrogen-bond donors (Lipinski definition) is 1. The minimum absolute atomic E-state index is 0. The van der Waals surface area contributed by atoms with Crippen molar-refractivity contribution >= 4 is 24.2 Å². The van der Waals surface area contributed by atoms with Crippen LogP contribution in [0.1, 0.15) is 35.7 Å². The fourth-order valence-corrected chi connectivity index (χ4v) is 3.61. The first kappa shape index (κ1) is 22.9. The van der Waals surface area contributed by atoms with Crippen LogP contribution in [-0.4, -0.2) is 59.1 Å². The van der Waals surface area contributed by atoms with E-state index in [0.29, 0.717) is 55.5 Å². The van der Waals surface area contributed by atoms with Gasteiger partial charge in [-0.2, -0.15) is 0 Å². The molecule has 10 heteroatoms. The molecule has 3 heterocycles. The van der Waals surface area contributed by atoms with E-state index in [-0.39, 0.29) is 30.6 Å². The molecule has 1 aliphatic heterocycles. The number of aromatic nitrogens is 2. The van der Waals surface area contributed by atoms with E-state index in [0.717, 1.165) is 0 Å².